The molecule has 8 aromatic carbocycles. The molecule has 10 aromatic rings. The molecular formula is C48H34O2. The first-order valence-electron chi connectivity index (χ1n) is 17.3. The zero-order valence-electron chi connectivity index (χ0n) is 28.3. The number of furan rings is 2. The van der Waals surface area contributed by atoms with Gasteiger partial charge in [-0.1, -0.05) is 142 Å². The van der Waals surface area contributed by atoms with Crippen LogP contribution in [0.2, 0.25) is 0 Å². The van der Waals surface area contributed by atoms with Crippen molar-refractivity contribution in [2.75, 3.05) is 0 Å². The van der Waals surface area contributed by atoms with Gasteiger partial charge in [0.1, 0.15) is 22.5 Å². The Morgan fingerprint density at radius 2 is 0.940 bits per heavy atom. The minimum atomic E-state index is -0.149. The standard InChI is InChI=1S/C48H34O2/c1-48(2,3)46-38-19-9-11-22-42(38)50-47(46)45-36-18-7-6-17-35(36)44(31-24-26-43-39(28-31)34-16-8-10-21-41(34)49-43)40-27-30(23-25-37(40)45)33-20-12-14-29-13-4-5-15-32(29)33/h4-28H,1-3H3. The largest absolute Gasteiger partial charge is 0.456 e. The van der Waals surface area contributed by atoms with Crippen molar-refractivity contribution in [2.45, 2.75) is 26.2 Å². The highest BCUT2D eigenvalue weighted by molar-refractivity contribution is 6.23. The summed E-state index contributed by atoms with van der Waals surface area (Å²) in [6.45, 7) is 6.86. The summed E-state index contributed by atoms with van der Waals surface area (Å²) in [6.07, 6.45) is 0. The molecule has 50 heavy (non-hydrogen) atoms. The summed E-state index contributed by atoms with van der Waals surface area (Å²) in [5, 5.41) is 10.6. The van der Waals surface area contributed by atoms with Crippen LogP contribution in [0.5, 0.6) is 0 Å². The van der Waals surface area contributed by atoms with Gasteiger partial charge in [-0.25, -0.2) is 0 Å². The van der Waals surface area contributed by atoms with Gasteiger partial charge < -0.3 is 8.83 Å². The first-order chi connectivity index (χ1) is 24.4. The summed E-state index contributed by atoms with van der Waals surface area (Å²) in [7, 11) is 0. The molecular weight excluding hydrogens is 609 g/mol. The van der Waals surface area contributed by atoms with Gasteiger partial charge in [0.2, 0.25) is 0 Å². The van der Waals surface area contributed by atoms with E-state index in [1.807, 2.05) is 12.1 Å². The molecule has 0 aliphatic rings. The van der Waals surface area contributed by atoms with Crippen molar-refractivity contribution in [2.24, 2.45) is 0 Å². The maximum atomic E-state index is 6.93. The molecule has 0 atom stereocenters. The molecule has 0 fully saturated rings. The van der Waals surface area contributed by atoms with E-state index >= 15 is 0 Å². The van der Waals surface area contributed by atoms with E-state index in [-0.39, 0.29) is 5.41 Å². The molecule has 0 saturated carbocycles. The number of fused-ring (bicyclic) bond motifs is 7. The van der Waals surface area contributed by atoms with Crippen LogP contribution in [0.3, 0.4) is 0 Å². The van der Waals surface area contributed by atoms with E-state index in [0.717, 1.165) is 44.4 Å². The van der Waals surface area contributed by atoms with Crippen LogP contribution in [0.25, 0.3) is 98.8 Å². The van der Waals surface area contributed by atoms with Crippen LogP contribution >= 0.6 is 0 Å². The van der Waals surface area contributed by atoms with Crippen molar-refractivity contribution in [1.29, 1.82) is 0 Å². The molecule has 0 unspecified atom stereocenters. The lowest BCUT2D eigenvalue weighted by atomic mass is 9.80. The van der Waals surface area contributed by atoms with Gasteiger partial charge in [-0.3, -0.25) is 0 Å². The summed E-state index contributed by atoms with van der Waals surface area (Å²) in [5.41, 5.74) is 9.72. The smallest absolute Gasteiger partial charge is 0.140 e. The van der Waals surface area contributed by atoms with Crippen LogP contribution in [0.1, 0.15) is 26.3 Å². The number of rotatable bonds is 3. The molecule has 2 heteroatoms. The molecule has 2 heterocycles. The summed E-state index contributed by atoms with van der Waals surface area (Å²) in [6, 6.07) is 54.6. The van der Waals surface area contributed by atoms with Crippen LogP contribution in [0.4, 0.5) is 0 Å². The van der Waals surface area contributed by atoms with Crippen LogP contribution in [0.15, 0.2) is 160 Å². The highest BCUT2D eigenvalue weighted by Gasteiger charge is 2.29. The molecule has 2 aromatic heterocycles. The number of benzene rings is 8. The fraction of sp³-hybridized carbons (Fsp3) is 0.0833. The van der Waals surface area contributed by atoms with Crippen molar-refractivity contribution in [3.8, 4) is 33.6 Å². The minimum Gasteiger partial charge on any atom is -0.456 e. The van der Waals surface area contributed by atoms with Gasteiger partial charge in [-0.05, 0) is 90.3 Å². The fourth-order valence-corrected chi connectivity index (χ4v) is 8.23. The van der Waals surface area contributed by atoms with Gasteiger partial charge in [0.05, 0.1) is 0 Å². The number of hydrogen-bond acceptors (Lipinski definition) is 2. The Hall–Kier alpha value is -6.12. The van der Waals surface area contributed by atoms with Gasteiger partial charge in [-0.2, -0.15) is 0 Å². The van der Waals surface area contributed by atoms with Crippen molar-refractivity contribution in [1.82, 2.24) is 0 Å². The molecule has 0 amide bonds. The quantitative estimate of drug-likeness (QED) is 0.179. The molecule has 0 aliphatic heterocycles. The monoisotopic (exact) mass is 642 g/mol. The van der Waals surface area contributed by atoms with Crippen LogP contribution in [0, 0.1) is 0 Å². The average molecular weight is 643 g/mol. The normalized spacial score (nSPS) is 12.3. The van der Waals surface area contributed by atoms with Gasteiger partial charge in [-0.15, -0.1) is 0 Å². The zero-order chi connectivity index (χ0) is 33.6. The predicted octanol–water partition coefficient (Wildman–Crippen LogP) is 14.1. The third-order valence-corrected chi connectivity index (χ3v) is 10.4. The Bertz CT molecular complexity index is 2960. The van der Waals surface area contributed by atoms with Gasteiger partial charge in [0.15, 0.2) is 0 Å². The Balaban J connectivity index is 1.37. The fourth-order valence-electron chi connectivity index (χ4n) is 8.23. The van der Waals surface area contributed by atoms with Crippen molar-refractivity contribution < 1.29 is 8.83 Å². The van der Waals surface area contributed by atoms with E-state index in [2.05, 4.69) is 160 Å². The maximum absolute atomic E-state index is 6.93. The van der Waals surface area contributed by atoms with Gasteiger partial charge in [0, 0.05) is 27.3 Å². The van der Waals surface area contributed by atoms with Crippen LogP contribution < -0.4 is 0 Å². The lowest BCUT2D eigenvalue weighted by Gasteiger charge is -2.22. The van der Waals surface area contributed by atoms with Crippen LogP contribution in [-0.2, 0) is 5.41 Å². The van der Waals surface area contributed by atoms with Gasteiger partial charge >= 0.3 is 0 Å². The number of hydrogen-bond donors (Lipinski definition) is 0. The highest BCUT2D eigenvalue weighted by atomic mass is 16.3. The summed E-state index contributed by atoms with van der Waals surface area (Å²) in [4.78, 5) is 0. The third-order valence-electron chi connectivity index (χ3n) is 10.4. The molecule has 0 bridgehead atoms. The van der Waals surface area contributed by atoms with Crippen molar-refractivity contribution >= 4 is 65.2 Å². The lowest BCUT2D eigenvalue weighted by Crippen LogP contribution is -2.11. The topological polar surface area (TPSA) is 26.3 Å². The predicted molar refractivity (Wildman–Crippen MR) is 211 cm³/mol. The second-order valence-electron chi connectivity index (χ2n) is 14.4. The van der Waals surface area contributed by atoms with E-state index in [9.17, 15) is 0 Å². The highest BCUT2D eigenvalue weighted by Crippen LogP contribution is 2.50. The average Bonchev–Trinajstić information content (AvgIpc) is 3.72. The third kappa shape index (κ3) is 4.28. The Labute approximate surface area is 290 Å². The Morgan fingerprint density at radius 3 is 1.72 bits per heavy atom. The van der Waals surface area contributed by atoms with E-state index < -0.39 is 0 Å². The SMILES string of the molecule is CC(C)(C)c1c(-c2c3ccccc3c(-c3ccc4oc5ccccc5c4c3)c3cc(-c4cccc5ccccc45)ccc23)oc2ccccc12. The summed E-state index contributed by atoms with van der Waals surface area (Å²) in [5.74, 6) is 0.945. The zero-order valence-corrected chi connectivity index (χ0v) is 28.3. The molecule has 0 radical (unpaired) electrons. The minimum absolute atomic E-state index is 0.149. The van der Waals surface area contributed by atoms with E-state index in [4.69, 9.17) is 8.83 Å². The van der Waals surface area contributed by atoms with E-state index in [1.165, 1.54) is 60.0 Å². The summed E-state index contributed by atoms with van der Waals surface area (Å²) >= 11 is 0. The second-order valence-corrected chi connectivity index (χ2v) is 14.4. The Kier molecular flexibility index (Phi) is 6.17. The molecule has 10 rings (SSSR count). The van der Waals surface area contributed by atoms with Gasteiger partial charge in [0.25, 0.3) is 0 Å². The van der Waals surface area contributed by atoms with Crippen LogP contribution in [-0.4, -0.2) is 0 Å². The summed E-state index contributed by atoms with van der Waals surface area (Å²) < 4.78 is 13.2. The molecule has 0 saturated heterocycles. The number of para-hydroxylation sites is 2. The second kappa shape index (κ2) is 10.7. The molecule has 238 valence electrons. The van der Waals surface area contributed by atoms with Crippen molar-refractivity contribution in [3.05, 3.63) is 157 Å². The maximum Gasteiger partial charge on any atom is 0.140 e. The Morgan fingerprint density at radius 1 is 0.380 bits per heavy atom. The molecule has 0 spiro atoms. The first kappa shape index (κ1) is 28.9. The van der Waals surface area contributed by atoms with E-state index in [0.29, 0.717) is 0 Å². The molecule has 0 aliphatic carbocycles. The molecule has 2 nitrogen and oxygen atoms in total. The van der Waals surface area contributed by atoms with Crippen molar-refractivity contribution in [3.63, 3.8) is 0 Å². The van der Waals surface area contributed by atoms with E-state index in [1.54, 1.807) is 0 Å². The first-order valence-corrected chi connectivity index (χ1v) is 17.3. The molecule has 0 N–H and O–H groups in total. The lowest BCUT2D eigenvalue weighted by molar-refractivity contribution is 0.568.